The van der Waals surface area contributed by atoms with Gasteiger partial charge in [0.1, 0.15) is 0 Å². The highest BCUT2D eigenvalue weighted by molar-refractivity contribution is 7.80. The first-order valence-electron chi connectivity index (χ1n) is 9.37. The molecule has 0 atom stereocenters. The Morgan fingerprint density at radius 1 is 1.18 bits per heavy atom. The Morgan fingerprint density at radius 3 is 2.61 bits per heavy atom. The molecule has 0 radical (unpaired) electrons. The maximum Gasteiger partial charge on any atom is 0.170 e. The molecule has 7 nitrogen and oxygen atoms in total. The van der Waals surface area contributed by atoms with Gasteiger partial charge in [0, 0.05) is 19.8 Å². The maximum atomic E-state index is 5.40. The van der Waals surface area contributed by atoms with E-state index in [0.717, 1.165) is 48.8 Å². The summed E-state index contributed by atoms with van der Waals surface area (Å²) in [6, 6.07) is 5.88. The number of benzene rings is 1. The number of anilines is 1. The van der Waals surface area contributed by atoms with Crippen LogP contribution in [0.3, 0.4) is 0 Å². The van der Waals surface area contributed by atoms with Crippen LogP contribution in [0.5, 0.6) is 11.5 Å². The Kier molecular flexibility index (Phi) is 8.53. The van der Waals surface area contributed by atoms with Crippen LogP contribution in [0.25, 0.3) is 0 Å². The number of hydrogen-bond acceptors (Lipinski definition) is 5. The van der Waals surface area contributed by atoms with Crippen molar-refractivity contribution in [1.82, 2.24) is 15.1 Å². The molecule has 0 aliphatic rings. The first-order valence-corrected chi connectivity index (χ1v) is 9.78. The molecule has 1 aromatic carbocycles. The standard InChI is InChI=1S/C20H30N4O3S/c1-6-27-11-7-10-21-20(28)22-19-14(2)23-24(15(19)3)13-16-8-9-17(25-4)18(12-16)26-5/h8-9,12H,6-7,10-11,13H2,1-5H3,(H2,21,22,28). The van der Waals surface area contributed by atoms with Crippen LogP contribution in [0.15, 0.2) is 18.2 Å². The largest absolute Gasteiger partial charge is 0.493 e. The van der Waals surface area contributed by atoms with Gasteiger partial charge in [-0.3, -0.25) is 4.68 Å². The molecule has 0 unspecified atom stereocenters. The van der Waals surface area contributed by atoms with Gasteiger partial charge in [0.2, 0.25) is 0 Å². The SMILES string of the molecule is CCOCCCNC(=S)Nc1c(C)nn(Cc2ccc(OC)c(OC)c2)c1C. The van der Waals surface area contributed by atoms with Crippen molar-refractivity contribution in [3.05, 3.63) is 35.2 Å². The van der Waals surface area contributed by atoms with E-state index in [1.807, 2.05) is 43.7 Å². The van der Waals surface area contributed by atoms with E-state index in [4.69, 9.17) is 26.4 Å². The van der Waals surface area contributed by atoms with Crippen molar-refractivity contribution in [2.24, 2.45) is 0 Å². The molecule has 0 spiro atoms. The minimum atomic E-state index is 0.591. The summed E-state index contributed by atoms with van der Waals surface area (Å²) in [5, 5.41) is 11.7. The van der Waals surface area contributed by atoms with Crippen molar-refractivity contribution in [2.45, 2.75) is 33.7 Å². The summed E-state index contributed by atoms with van der Waals surface area (Å²) >= 11 is 5.40. The van der Waals surface area contributed by atoms with Crippen LogP contribution in [-0.4, -0.2) is 48.9 Å². The average Bonchev–Trinajstić information content (AvgIpc) is 2.95. The van der Waals surface area contributed by atoms with Crippen molar-refractivity contribution in [3.63, 3.8) is 0 Å². The van der Waals surface area contributed by atoms with Gasteiger partial charge in [-0.25, -0.2) is 0 Å². The van der Waals surface area contributed by atoms with Crippen LogP contribution in [-0.2, 0) is 11.3 Å². The Balaban J connectivity index is 2.02. The van der Waals surface area contributed by atoms with E-state index in [1.165, 1.54) is 0 Å². The van der Waals surface area contributed by atoms with E-state index in [2.05, 4.69) is 15.7 Å². The summed E-state index contributed by atoms with van der Waals surface area (Å²) in [6.45, 7) is 8.85. The van der Waals surface area contributed by atoms with Gasteiger partial charge in [-0.05, 0) is 57.1 Å². The first kappa shape index (κ1) is 22.0. The quantitative estimate of drug-likeness (QED) is 0.463. The molecule has 2 N–H and O–H groups in total. The fourth-order valence-electron chi connectivity index (χ4n) is 2.86. The van der Waals surface area contributed by atoms with Crippen LogP contribution in [0.4, 0.5) is 5.69 Å². The predicted molar refractivity (Wildman–Crippen MR) is 116 cm³/mol. The number of ether oxygens (including phenoxy) is 3. The second-order valence-corrected chi connectivity index (χ2v) is 6.73. The van der Waals surface area contributed by atoms with Crippen LogP contribution in [0.2, 0.25) is 0 Å². The lowest BCUT2D eigenvalue weighted by Gasteiger charge is -2.12. The van der Waals surface area contributed by atoms with Gasteiger partial charge in [-0.1, -0.05) is 6.07 Å². The fourth-order valence-corrected chi connectivity index (χ4v) is 3.07. The minimum Gasteiger partial charge on any atom is -0.493 e. The van der Waals surface area contributed by atoms with Gasteiger partial charge in [0.25, 0.3) is 0 Å². The molecule has 8 heteroatoms. The summed E-state index contributed by atoms with van der Waals surface area (Å²) in [4.78, 5) is 0. The van der Waals surface area contributed by atoms with E-state index in [9.17, 15) is 0 Å². The van der Waals surface area contributed by atoms with Gasteiger partial charge in [-0.2, -0.15) is 5.10 Å². The van der Waals surface area contributed by atoms with E-state index in [-0.39, 0.29) is 0 Å². The number of thiocarbonyl (C=S) groups is 1. The van der Waals surface area contributed by atoms with Crippen molar-refractivity contribution < 1.29 is 14.2 Å². The first-order chi connectivity index (χ1) is 13.5. The number of nitrogens with zero attached hydrogens (tertiary/aromatic N) is 2. The molecule has 0 saturated heterocycles. The van der Waals surface area contributed by atoms with Gasteiger partial charge in [0.05, 0.1) is 37.8 Å². The lowest BCUT2D eigenvalue weighted by Crippen LogP contribution is -2.30. The predicted octanol–water partition coefficient (Wildman–Crippen LogP) is 3.28. The monoisotopic (exact) mass is 406 g/mol. The Labute approximate surface area is 172 Å². The number of aromatic nitrogens is 2. The molecular formula is C20H30N4O3S. The van der Waals surface area contributed by atoms with E-state index >= 15 is 0 Å². The molecule has 1 heterocycles. The van der Waals surface area contributed by atoms with E-state index in [1.54, 1.807) is 14.2 Å². The Bertz CT molecular complexity index is 792. The van der Waals surface area contributed by atoms with Crippen molar-refractivity contribution in [1.29, 1.82) is 0 Å². The van der Waals surface area contributed by atoms with Gasteiger partial charge < -0.3 is 24.8 Å². The average molecular weight is 407 g/mol. The highest BCUT2D eigenvalue weighted by atomic mass is 32.1. The number of nitrogens with one attached hydrogen (secondary N) is 2. The summed E-state index contributed by atoms with van der Waals surface area (Å²) < 4.78 is 18.0. The number of hydrogen-bond donors (Lipinski definition) is 2. The fraction of sp³-hybridized carbons (Fsp3) is 0.500. The molecule has 28 heavy (non-hydrogen) atoms. The van der Waals surface area contributed by atoms with Crippen LogP contribution in [0, 0.1) is 13.8 Å². The number of aryl methyl sites for hydroxylation is 1. The van der Waals surface area contributed by atoms with Crippen molar-refractivity contribution in [3.8, 4) is 11.5 Å². The number of rotatable bonds is 10. The maximum absolute atomic E-state index is 5.40. The second kappa shape index (κ2) is 10.9. The summed E-state index contributed by atoms with van der Waals surface area (Å²) in [7, 11) is 3.26. The molecule has 2 rings (SSSR count). The molecule has 0 bridgehead atoms. The summed E-state index contributed by atoms with van der Waals surface area (Å²) in [5.74, 6) is 1.42. The molecule has 0 aliphatic carbocycles. The highest BCUT2D eigenvalue weighted by Gasteiger charge is 2.14. The van der Waals surface area contributed by atoms with Crippen LogP contribution in [0.1, 0.15) is 30.3 Å². The van der Waals surface area contributed by atoms with Crippen LogP contribution >= 0.6 is 12.2 Å². The lowest BCUT2D eigenvalue weighted by atomic mass is 10.2. The lowest BCUT2D eigenvalue weighted by molar-refractivity contribution is 0.146. The van der Waals surface area contributed by atoms with E-state index < -0.39 is 0 Å². The third kappa shape index (κ3) is 5.84. The van der Waals surface area contributed by atoms with E-state index in [0.29, 0.717) is 23.2 Å². The van der Waals surface area contributed by atoms with Gasteiger partial charge in [0.15, 0.2) is 16.6 Å². The topological polar surface area (TPSA) is 69.6 Å². The smallest absolute Gasteiger partial charge is 0.170 e. The normalized spacial score (nSPS) is 10.6. The zero-order valence-corrected chi connectivity index (χ0v) is 18.1. The second-order valence-electron chi connectivity index (χ2n) is 6.32. The zero-order chi connectivity index (χ0) is 20.5. The van der Waals surface area contributed by atoms with Gasteiger partial charge in [-0.15, -0.1) is 0 Å². The molecule has 0 aliphatic heterocycles. The molecule has 0 saturated carbocycles. The molecule has 2 aromatic rings. The Morgan fingerprint density at radius 2 is 1.93 bits per heavy atom. The highest BCUT2D eigenvalue weighted by Crippen LogP contribution is 2.28. The van der Waals surface area contributed by atoms with Crippen molar-refractivity contribution in [2.75, 3.05) is 39.3 Å². The zero-order valence-electron chi connectivity index (χ0n) is 17.3. The third-order valence-electron chi connectivity index (χ3n) is 4.36. The van der Waals surface area contributed by atoms with Crippen LogP contribution < -0.4 is 20.1 Å². The third-order valence-corrected chi connectivity index (χ3v) is 4.60. The number of methoxy groups -OCH3 is 2. The summed E-state index contributed by atoms with van der Waals surface area (Å²) in [5.41, 5.74) is 3.93. The summed E-state index contributed by atoms with van der Waals surface area (Å²) in [6.07, 6.45) is 0.909. The molecule has 0 amide bonds. The van der Waals surface area contributed by atoms with Crippen molar-refractivity contribution >= 4 is 23.0 Å². The Hall–Kier alpha value is -2.32. The minimum absolute atomic E-state index is 0.591. The molecule has 0 fully saturated rings. The molecular weight excluding hydrogens is 376 g/mol. The van der Waals surface area contributed by atoms with Gasteiger partial charge >= 0.3 is 0 Å². The molecule has 154 valence electrons. The molecule has 1 aromatic heterocycles.